The Labute approximate surface area is 137 Å². The van der Waals surface area contributed by atoms with Gasteiger partial charge in [-0.25, -0.2) is 4.39 Å². The van der Waals surface area contributed by atoms with Crippen LogP contribution in [0.3, 0.4) is 0 Å². The molecule has 2 aromatic rings. The molecule has 0 aliphatic carbocycles. The van der Waals surface area contributed by atoms with Crippen LogP contribution in [0.25, 0.3) is 0 Å². The Morgan fingerprint density at radius 3 is 2.50 bits per heavy atom. The Balaban J connectivity index is 2.09. The van der Waals surface area contributed by atoms with Crippen molar-refractivity contribution in [3.8, 4) is 0 Å². The molecule has 0 aliphatic rings. The van der Waals surface area contributed by atoms with E-state index in [1.807, 2.05) is 30.3 Å². The molecule has 2 aromatic carbocycles. The summed E-state index contributed by atoms with van der Waals surface area (Å²) in [6.45, 7) is 0. The van der Waals surface area contributed by atoms with Gasteiger partial charge in [0.25, 0.3) is 0 Å². The van der Waals surface area contributed by atoms with Crippen LogP contribution in [-0.4, -0.2) is 5.88 Å². The van der Waals surface area contributed by atoms with Crippen molar-refractivity contribution in [3.63, 3.8) is 0 Å². The molecule has 0 aromatic heterocycles. The lowest BCUT2D eigenvalue weighted by atomic mass is 9.94. The fourth-order valence-corrected chi connectivity index (χ4v) is 3.01. The molecule has 0 radical (unpaired) electrons. The summed E-state index contributed by atoms with van der Waals surface area (Å²) in [5, 5.41) is 0.767. The molecule has 1 unspecified atom stereocenters. The maximum atomic E-state index is 13.2. The van der Waals surface area contributed by atoms with Crippen molar-refractivity contribution < 1.29 is 4.39 Å². The van der Waals surface area contributed by atoms with Crippen LogP contribution in [0.15, 0.2) is 46.9 Å². The highest BCUT2D eigenvalue weighted by molar-refractivity contribution is 9.10. The second-order valence-corrected chi connectivity index (χ2v) is 6.34. The summed E-state index contributed by atoms with van der Waals surface area (Å²) in [6, 6.07) is 12.9. The van der Waals surface area contributed by atoms with E-state index in [0.29, 0.717) is 10.4 Å². The topological polar surface area (TPSA) is 0 Å². The molecule has 0 heterocycles. The first kappa shape index (κ1) is 15.8. The van der Waals surface area contributed by atoms with E-state index >= 15 is 0 Å². The highest BCUT2D eigenvalue weighted by Crippen LogP contribution is 2.24. The second kappa shape index (κ2) is 7.44. The molecule has 0 N–H and O–H groups in total. The monoisotopic (exact) mass is 374 g/mol. The van der Waals surface area contributed by atoms with Crippen LogP contribution in [0, 0.1) is 11.7 Å². The summed E-state index contributed by atoms with van der Waals surface area (Å²) < 4.78 is 13.7. The van der Waals surface area contributed by atoms with E-state index in [0.717, 1.165) is 29.0 Å². The third-order valence-corrected chi connectivity index (χ3v) is 4.61. The number of hydrogen-bond acceptors (Lipinski definition) is 0. The minimum atomic E-state index is -0.248. The first-order valence-electron chi connectivity index (χ1n) is 6.33. The minimum Gasteiger partial charge on any atom is -0.206 e. The van der Waals surface area contributed by atoms with Crippen molar-refractivity contribution >= 4 is 39.1 Å². The molecule has 0 spiro atoms. The average Bonchev–Trinajstić information content (AvgIpc) is 2.44. The first-order valence-corrected chi connectivity index (χ1v) is 8.04. The zero-order chi connectivity index (χ0) is 14.5. The Kier molecular flexibility index (Phi) is 5.88. The van der Waals surface area contributed by atoms with Gasteiger partial charge in [0.1, 0.15) is 5.82 Å². The molecule has 0 amide bonds. The van der Waals surface area contributed by atoms with Crippen LogP contribution in [0.1, 0.15) is 11.1 Å². The molecule has 0 saturated carbocycles. The van der Waals surface area contributed by atoms with Crippen LogP contribution in [0.4, 0.5) is 4.39 Å². The fraction of sp³-hybridized carbons (Fsp3) is 0.250. The van der Waals surface area contributed by atoms with E-state index < -0.39 is 0 Å². The molecule has 0 aliphatic heterocycles. The molecular formula is C16H14BrCl2F. The van der Waals surface area contributed by atoms with E-state index in [1.54, 1.807) is 6.07 Å². The fourth-order valence-electron chi connectivity index (χ4n) is 2.16. The van der Waals surface area contributed by atoms with Gasteiger partial charge in [0.2, 0.25) is 0 Å². The van der Waals surface area contributed by atoms with Gasteiger partial charge in [-0.3, -0.25) is 0 Å². The molecule has 4 heteroatoms. The summed E-state index contributed by atoms with van der Waals surface area (Å²) in [5.74, 6) is 0.566. The van der Waals surface area contributed by atoms with Crippen molar-refractivity contribution in [2.75, 3.05) is 5.88 Å². The first-order chi connectivity index (χ1) is 9.60. The highest BCUT2D eigenvalue weighted by Gasteiger charge is 2.12. The average molecular weight is 376 g/mol. The van der Waals surface area contributed by atoms with Gasteiger partial charge in [-0.2, -0.15) is 0 Å². The van der Waals surface area contributed by atoms with Crippen molar-refractivity contribution in [1.29, 1.82) is 0 Å². The molecule has 0 fully saturated rings. The lowest BCUT2D eigenvalue weighted by Gasteiger charge is -2.15. The Hall–Kier alpha value is -0.570. The second-order valence-electron chi connectivity index (χ2n) is 4.77. The molecule has 106 valence electrons. The van der Waals surface area contributed by atoms with Crippen LogP contribution in [0.5, 0.6) is 0 Å². The molecule has 0 bridgehead atoms. The smallest absolute Gasteiger partial charge is 0.137 e. The number of hydrogen-bond donors (Lipinski definition) is 0. The van der Waals surface area contributed by atoms with Crippen molar-refractivity contribution in [2.45, 2.75) is 12.8 Å². The Bertz CT molecular complexity index is 586. The molecule has 0 nitrogen and oxygen atoms in total. The molecule has 2 rings (SSSR count). The van der Waals surface area contributed by atoms with E-state index in [9.17, 15) is 4.39 Å². The zero-order valence-corrected chi connectivity index (χ0v) is 13.8. The van der Waals surface area contributed by atoms with E-state index in [-0.39, 0.29) is 11.7 Å². The van der Waals surface area contributed by atoms with Crippen LogP contribution >= 0.6 is 39.1 Å². The maximum Gasteiger partial charge on any atom is 0.137 e. The van der Waals surface area contributed by atoms with Crippen molar-refractivity contribution in [2.24, 2.45) is 5.92 Å². The van der Waals surface area contributed by atoms with E-state index in [2.05, 4.69) is 15.9 Å². The summed E-state index contributed by atoms with van der Waals surface area (Å²) in [4.78, 5) is 0. The van der Waals surface area contributed by atoms with Gasteiger partial charge >= 0.3 is 0 Å². The van der Waals surface area contributed by atoms with Crippen LogP contribution in [0.2, 0.25) is 5.02 Å². The summed E-state index contributed by atoms with van der Waals surface area (Å²) in [7, 11) is 0. The van der Waals surface area contributed by atoms with Crippen molar-refractivity contribution in [1.82, 2.24) is 0 Å². The number of benzene rings is 2. The normalized spacial score (nSPS) is 12.4. The van der Waals surface area contributed by atoms with E-state index in [4.69, 9.17) is 23.2 Å². The molecule has 1 atom stereocenters. The Morgan fingerprint density at radius 1 is 1.10 bits per heavy atom. The predicted molar refractivity (Wildman–Crippen MR) is 87.2 cm³/mol. The van der Waals surface area contributed by atoms with Gasteiger partial charge in [-0.15, -0.1) is 11.6 Å². The number of halogens is 4. The zero-order valence-electron chi connectivity index (χ0n) is 10.8. The lowest BCUT2D eigenvalue weighted by molar-refractivity contribution is 0.580. The molecule has 20 heavy (non-hydrogen) atoms. The molecular weight excluding hydrogens is 362 g/mol. The highest BCUT2D eigenvalue weighted by atomic mass is 79.9. The summed E-state index contributed by atoms with van der Waals surface area (Å²) >= 11 is 15.4. The van der Waals surface area contributed by atoms with Gasteiger partial charge in [0, 0.05) is 10.9 Å². The largest absolute Gasteiger partial charge is 0.206 e. The quantitative estimate of drug-likeness (QED) is 0.572. The Morgan fingerprint density at radius 2 is 1.85 bits per heavy atom. The predicted octanol–water partition coefficient (Wildman–Crippen LogP) is 5.88. The standard InChI is InChI=1S/C16H14BrCl2F/c17-14-9-11(5-6-16(14)20)7-12(10-18)8-13-3-1-2-4-15(13)19/h1-6,9,12H,7-8,10H2. The summed E-state index contributed by atoms with van der Waals surface area (Å²) in [6.07, 6.45) is 1.62. The lowest BCUT2D eigenvalue weighted by Crippen LogP contribution is -2.10. The number of rotatable bonds is 5. The van der Waals surface area contributed by atoms with Crippen LogP contribution in [-0.2, 0) is 12.8 Å². The maximum absolute atomic E-state index is 13.2. The molecule has 0 saturated heterocycles. The van der Waals surface area contributed by atoms with Crippen LogP contribution < -0.4 is 0 Å². The summed E-state index contributed by atoms with van der Waals surface area (Å²) in [5.41, 5.74) is 2.16. The van der Waals surface area contributed by atoms with Gasteiger partial charge in [0.15, 0.2) is 0 Å². The van der Waals surface area contributed by atoms with E-state index in [1.165, 1.54) is 6.07 Å². The van der Waals surface area contributed by atoms with Gasteiger partial charge in [-0.05, 0) is 64.0 Å². The van der Waals surface area contributed by atoms with Gasteiger partial charge in [-0.1, -0.05) is 35.9 Å². The third-order valence-electron chi connectivity index (χ3n) is 3.19. The minimum absolute atomic E-state index is 0.248. The third kappa shape index (κ3) is 4.21. The van der Waals surface area contributed by atoms with Gasteiger partial charge < -0.3 is 0 Å². The SMILES string of the molecule is Fc1ccc(CC(CCl)Cc2ccccc2Cl)cc1Br. The number of alkyl halides is 1. The van der Waals surface area contributed by atoms with Gasteiger partial charge in [0.05, 0.1) is 4.47 Å². The van der Waals surface area contributed by atoms with Crippen molar-refractivity contribution in [3.05, 3.63) is 68.9 Å².